The van der Waals surface area contributed by atoms with Gasteiger partial charge in [0.05, 0.1) is 0 Å². The van der Waals surface area contributed by atoms with E-state index in [9.17, 15) is 0 Å². The maximum Gasteiger partial charge on any atom is 0.00385 e. The Morgan fingerprint density at radius 2 is 1.50 bits per heavy atom. The molecule has 1 fully saturated rings. The van der Waals surface area contributed by atoms with Gasteiger partial charge in [-0.3, -0.25) is 0 Å². The van der Waals surface area contributed by atoms with Gasteiger partial charge in [-0.15, -0.1) is 0 Å². The molecule has 2 nitrogen and oxygen atoms in total. The van der Waals surface area contributed by atoms with Gasteiger partial charge in [0.2, 0.25) is 0 Å². The summed E-state index contributed by atoms with van der Waals surface area (Å²) in [7, 11) is 0. The Hall–Kier alpha value is -0.0800. The molecule has 0 saturated carbocycles. The molecule has 1 heterocycles. The predicted molar refractivity (Wildman–Crippen MR) is 92.5 cm³/mol. The molecule has 0 N–H and O–H groups in total. The molecule has 1 aliphatic rings. The molecule has 20 heavy (non-hydrogen) atoms. The third kappa shape index (κ3) is 9.77. The van der Waals surface area contributed by atoms with E-state index in [1.165, 1.54) is 64.7 Å². The molecule has 0 aliphatic carbocycles. The third-order valence-corrected chi connectivity index (χ3v) is 4.31. The number of piperidine rings is 1. The highest BCUT2D eigenvalue weighted by Crippen LogP contribution is 2.10. The summed E-state index contributed by atoms with van der Waals surface area (Å²) in [5.41, 5.74) is 0. The Kier molecular flexibility index (Phi) is 12.6. The van der Waals surface area contributed by atoms with Crippen LogP contribution in [0.4, 0.5) is 0 Å². The van der Waals surface area contributed by atoms with Crippen LogP contribution in [0.3, 0.4) is 0 Å². The standard InChI is InChI=1S/C10H23N.C8H17N/c1-5-7-8-9-11(6-2)10(3)4;1-8(2)9-6-4-3-5-7-9/h10H,5-9H2,1-4H3;8H,3-7H2,1-2H3. The van der Waals surface area contributed by atoms with Gasteiger partial charge in [-0.25, -0.2) is 0 Å². The smallest absolute Gasteiger partial charge is 0.00385 e. The second-order valence-corrected chi connectivity index (χ2v) is 6.62. The summed E-state index contributed by atoms with van der Waals surface area (Å²) in [6.45, 7) is 18.7. The van der Waals surface area contributed by atoms with E-state index < -0.39 is 0 Å². The normalized spacial score (nSPS) is 16.6. The van der Waals surface area contributed by atoms with E-state index in [1.807, 2.05) is 0 Å². The molecule has 0 aromatic rings. The number of rotatable bonds is 7. The maximum absolute atomic E-state index is 2.56. The quantitative estimate of drug-likeness (QED) is 0.620. The molecular formula is C18H40N2. The summed E-state index contributed by atoms with van der Waals surface area (Å²) in [5, 5.41) is 0. The predicted octanol–water partition coefficient (Wildman–Crippen LogP) is 4.79. The molecule has 122 valence electrons. The highest BCUT2D eigenvalue weighted by atomic mass is 15.1. The van der Waals surface area contributed by atoms with E-state index in [-0.39, 0.29) is 0 Å². The average Bonchev–Trinajstić information content (AvgIpc) is 2.45. The van der Waals surface area contributed by atoms with Gasteiger partial charge in [0.15, 0.2) is 0 Å². The van der Waals surface area contributed by atoms with Gasteiger partial charge in [0.1, 0.15) is 0 Å². The SMILES string of the molecule is CC(C)N1CCCCC1.CCCCCN(CC)C(C)C. The van der Waals surface area contributed by atoms with Crippen LogP contribution in [0.15, 0.2) is 0 Å². The maximum atomic E-state index is 2.56. The molecule has 0 atom stereocenters. The summed E-state index contributed by atoms with van der Waals surface area (Å²) < 4.78 is 0. The summed E-state index contributed by atoms with van der Waals surface area (Å²) >= 11 is 0. The lowest BCUT2D eigenvalue weighted by Gasteiger charge is -2.29. The summed E-state index contributed by atoms with van der Waals surface area (Å²) in [6, 6.07) is 1.49. The van der Waals surface area contributed by atoms with Crippen LogP contribution in [-0.4, -0.2) is 48.1 Å². The van der Waals surface area contributed by atoms with Crippen molar-refractivity contribution in [3.63, 3.8) is 0 Å². The van der Waals surface area contributed by atoms with Crippen LogP contribution in [0.2, 0.25) is 0 Å². The van der Waals surface area contributed by atoms with Crippen LogP contribution in [0, 0.1) is 0 Å². The lowest BCUT2D eigenvalue weighted by Crippen LogP contribution is -2.35. The van der Waals surface area contributed by atoms with Gasteiger partial charge in [0, 0.05) is 12.1 Å². The zero-order valence-electron chi connectivity index (χ0n) is 15.1. The first-order valence-electron chi connectivity index (χ1n) is 9.00. The fourth-order valence-corrected chi connectivity index (χ4v) is 2.78. The molecular weight excluding hydrogens is 244 g/mol. The van der Waals surface area contributed by atoms with E-state index in [4.69, 9.17) is 0 Å². The molecule has 2 heteroatoms. The molecule has 0 bridgehead atoms. The van der Waals surface area contributed by atoms with Crippen LogP contribution in [-0.2, 0) is 0 Å². The van der Waals surface area contributed by atoms with Gasteiger partial charge in [-0.05, 0) is 73.1 Å². The van der Waals surface area contributed by atoms with E-state index in [0.29, 0.717) is 0 Å². The van der Waals surface area contributed by atoms with Gasteiger partial charge in [0.25, 0.3) is 0 Å². The van der Waals surface area contributed by atoms with E-state index in [1.54, 1.807) is 0 Å². The Morgan fingerprint density at radius 1 is 0.900 bits per heavy atom. The summed E-state index contributed by atoms with van der Waals surface area (Å²) in [4.78, 5) is 5.08. The minimum atomic E-state index is 0.719. The van der Waals surface area contributed by atoms with Crippen molar-refractivity contribution in [3.05, 3.63) is 0 Å². The molecule has 0 spiro atoms. The minimum absolute atomic E-state index is 0.719. The van der Waals surface area contributed by atoms with Gasteiger partial charge in [-0.2, -0.15) is 0 Å². The fraction of sp³-hybridized carbons (Fsp3) is 1.00. The van der Waals surface area contributed by atoms with Gasteiger partial charge in [-0.1, -0.05) is 33.1 Å². The lowest BCUT2D eigenvalue weighted by atomic mass is 10.1. The Morgan fingerprint density at radius 3 is 1.85 bits per heavy atom. The first-order chi connectivity index (χ1) is 9.52. The second-order valence-electron chi connectivity index (χ2n) is 6.62. The highest BCUT2D eigenvalue weighted by molar-refractivity contribution is 4.67. The summed E-state index contributed by atoms with van der Waals surface area (Å²) in [6.07, 6.45) is 8.35. The summed E-state index contributed by atoms with van der Waals surface area (Å²) in [5.74, 6) is 0. The molecule has 0 radical (unpaired) electrons. The van der Waals surface area contributed by atoms with Crippen LogP contribution < -0.4 is 0 Å². The average molecular weight is 285 g/mol. The van der Waals surface area contributed by atoms with Crippen molar-refractivity contribution in [2.75, 3.05) is 26.2 Å². The topological polar surface area (TPSA) is 6.48 Å². The van der Waals surface area contributed by atoms with Crippen molar-refractivity contribution in [2.45, 2.75) is 92.2 Å². The lowest BCUT2D eigenvalue weighted by molar-refractivity contribution is 0.185. The van der Waals surface area contributed by atoms with Gasteiger partial charge >= 0.3 is 0 Å². The monoisotopic (exact) mass is 284 g/mol. The number of likely N-dealkylation sites (tertiary alicyclic amines) is 1. The molecule has 1 rings (SSSR count). The second kappa shape index (κ2) is 12.6. The van der Waals surface area contributed by atoms with Crippen LogP contribution in [0.5, 0.6) is 0 Å². The molecule has 0 aromatic heterocycles. The highest BCUT2D eigenvalue weighted by Gasteiger charge is 2.11. The fourth-order valence-electron chi connectivity index (χ4n) is 2.78. The molecule has 0 unspecified atom stereocenters. The Balaban J connectivity index is 0.000000367. The van der Waals surface area contributed by atoms with E-state index in [2.05, 4.69) is 51.3 Å². The molecule has 0 aromatic carbocycles. The Labute approximate surface area is 128 Å². The first-order valence-corrected chi connectivity index (χ1v) is 9.00. The van der Waals surface area contributed by atoms with E-state index in [0.717, 1.165) is 12.1 Å². The van der Waals surface area contributed by atoms with Crippen LogP contribution in [0.25, 0.3) is 0 Å². The van der Waals surface area contributed by atoms with Crippen molar-refractivity contribution in [2.24, 2.45) is 0 Å². The van der Waals surface area contributed by atoms with Crippen molar-refractivity contribution < 1.29 is 0 Å². The van der Waals surface area contributed by atoms with Crippen molar-refractivity contribution in [3.8, 4) is 0 Å². The van der Waals surface area contributed by atoms with Gasteiger partial charge < -0.3 is 9.80 Å². The Bertz CT molecular complexity index is 196. The molecule has 1 saturated heterocycles. The van der Waals surface area contributed by atoms with E-state index >= 15 is 0 Å². The first kappa shape index (κ1) is 19.9. The number of hydrogen-bond acceptors (Lipinski definition) is 2. The van der Waals surface area contributed by atoms with Crippen molar-refractivity contribution in [1.82, 2.24) is 9.80 Å². The number of hydrogen-bond donors (Lipinski definition) is 0. The molecule has 0 amide bonds. The van der Waals surface area contributed by atoms with Crippen molar-refractivity contribution >= 4 is 0 Å². The largest absolute Gasteiger partial charge is 0.301 e. The minimum Gasteiger partial charge on any atom is -0.301 e. The number of unbranched alkanes of at least 4 members (excludes halogenated alkanes) is 2. The van der Waals surface area contributed by atoms with Crippen LogP contribution in [0.1, 0.15) is 80.1 Å². The zero-order valence-corrected chi connectivity index (χ0v) is 15.1. The third-order valence-electron chi connectivity index (χ3n) is 4.31. The van der Waals surface area contributed by atoms with Crippen LogP contribution >= 0.6 is 0 Å². The molecule has 1 aliphatic heterocycles. The zero-order chi connectivity index (χ0) is 15.4. The van der Waals surface area contributed by atoms with Crippen molar-refractivity contribution in [1.29, 1.82) is 0 Å². The number of nitrogens with zero attached hydrogens (tertiary/aromatic N) is 2.